The summed E-state index contributed by atoms with van der Waals surface area (Å²) >= 11 is 0. The van der Waals surface area contributed by atoms with Crippen LogP contribution >= 0.6 is 0 Å². The van der Waals surface area contributed by atoms with Crippen LogP contribution in [-0.4, -0.2) is 5.78 Å². The lowest BCUT2D eigenvalue weighted by molar-refractivity contribution is -0.117. The highest BCUT2D eigenvalue weighted by atomic mass is 16.1. The number of allylic oxidation sites excluding steroid dienone is 3. The monoisotopic (exact) mass is 176 g/mol. The zero-order chi connectivity index (χ0) is 9.68. The third-order valence-corrected chi connectivity index (χ3v) is 2.42. The van der Waals surface area contributed by atoms with Gasteiger partial charge in [-0.15, -0.1) is 5.73 Å². The fourth-order valence-electron chi connectivity index (χ4n) is 1.66. The van der Waals surface area contributed by atoms with Gasteiger partial charge in [-0.3, -0.25) is 4.79 Å². The normalized spacial score (nSPS) is 22.2. The van der Waals surface area contributed by atoms with Crippen molar-refractivity contribution in [2.45, 2.75) is 32.6 Å². The summed E-state index contributed by atoms with van der Waals surface area (Å²) in [5.74, 6) is 0.760. The Morgan fingerprint density at radius 1 is 1.77 bits per heavy atom. The molecule has 0 bridgehead atoms. The maximum Gasteiger partial charge on any atom is 0.133 e. The Kier molecular flexibility index (Phi) is 3.72. The van der Waals surface area contributed by atoms with Gasteiger partial charge < -0.3 is 0 Å². The van der Waals surface area contributed by atoms with Crippen molar-refractivity contribution in [2.75, 3.05) is 0 Å². The van der Waals surface area contributed by atoms with Crippen molar-refractivity contribution in [3.8, 4) is 0 Å². The molecule has 0 aromatic heterocycles. The second-order valence-corrected chi connectivity index (χ2v) is 3.42. The van der Waals surface area contributed by atoms with E-state index in [0.717, 1.165) is 24.8 Å². The Labute approximate surface area is 79.8 Å². The zero-order valence-electron chi connectivity index (χ0n) is 8.18. The summed E-state index contributed by atoms with van der Waals surface area (Å²) in [5.41, 5.74) is 4.03. The minimum atomic E-state index is 0.377. The standard InChI is InChI=1S/C12H16O/c1-3-5-6-10(4-2)11-7-8-12(13)9-11/h5-6,11H,2-3,7-9H2,1H3. The molecular weight excluding hydrogens is 160 g/mol. The number of hydrogen-bond acceptors (Lipinski definition) is 1. The Hall–Kier alpha value is -1.07. The van der Waals surface area contributed by atoms with E-state index in [1.54, 1.807) is 0 Å². The van der Waals surface area contributed by atoms with E-state index in [1.165, 1.54) is 0 Å². The van der Waals surface area contributed by atoms with E-state index in [9.17, 15) is 4.79 Å². The Morgan fingerprint density at radius 3 is 3.00 bits per heavy atom. The van der Waals surface area contributed by atoms with Gasteiger partial charge in [0.1, 0.15) is 5.78 Å². The van der Waals surface area contributed by atoms with Gasteiger partial charge in [0.15, 0.2) is 0 Å². The molecule has 1 aliphatic carbocycles. The summed E-state index contributed by atoms with van der Waals surface area (Å²) in [6.07, 6.45) is 7.56. The van der Waals surface area contributed by atoms with Gasteiger partial charge in [-0.1, -0.05) is 25.7 Å². The Balaban J connectivity index is 2.63. The van der Waals surface area contributed by atoms with Crippen molar-refractivity contribution < 1.29 is 4.79 Å². The first-order valence-electron chi connectivity index (χ1n) is 4.86. The molecule has 0 saturated heterocycles. The molecule has 1 atom stereocenters. The topological polar surface area (TPSA) is 17.1 Å². The largest absolute Gasteiger partial charge is 0.300 e. The molecule has 1 heteroatoms. The molecule has 1 unspecified atom stereocenters. The van der Waals surface area contributed by atoms with Gasteiger partial charge >= 0.3 is 0 Å². The molecule has 0 radical (unpaired) electrons. The van der Waals surface area contributed by atoms with Gasteiger partial charge in [0.05, 0.1) is 0 Å². The number of rotatable bonds is 3. The predicted octanol–water partition coefficient (Wildman–Crippen LogP) is 3.03. The second kappa shape index (κ2) is 4.84. The highest BCUT2D eigenvalue weighted by molar-refractivity contribution is 5.81. The van der Waals surface area contributed by atoms with E-state index >= 15 is 0 Å². The van der Waals surface area contributed by atoms with Crippen molar-refractivity contribution in [1.29, 1.82) is 0 Å². The van der Waals surface area contributed by atoms with Crippen LogP contribution in [0.5, 0.6) is 0 Å². The van der Waals surface area contributed by atoms with Crippen molar-refractivity contribution >= 4 is 5.78 Å². The summed E-state index contributed by atoms with van der Waals surface area (Å²) in [6, 6.07) is 0. The van der Waals surface area contributed by atoms with Crippen LogP contribution in [0.4, 0.5) is 0 Å². The van der Waals surface area contributed by atoms with Gasteiger partial charge in [-0.25, -0.2) is 0 Å². The maximum atomic E-state index is 11.1. The quantitative estimate of drug-likeness (QED) is 0.477. The molecule has 0 aromatic rings. The van der Waals surface area contributed by atoms with Crippen LogP contribution in [0, 0.1) is 5.92 Å². The lowest BCUT2D eigenvalue weighted by Gasteiger charge is -2.05. The molecule has 0 aromatic carbocycles. The third-order valence-electron chi connectivity index (χ3n) is 2.42. The van der Waals surface area contributed by atoms with E-state index < -0.39 is 0 Å². The molecule has 1 fully saturated rings. The maximum absolute atomic E-state index is 11.1. The predicted molar refractivity (Wildman–Crippen MR) is 54.4 cm³/mol. The van der Waals surface area contributed by atoms with E-state index in [4.69, 9.17) is 0 Å². The van der Waals surface area contributed by atoms with Gasteiger partial charge in [-0.2, -0.15) is 0 Å². The first kappa shape index (κ1) is 10.0. The average molecular weight is 176 g/mol. The van der Waals surface area contributed by atoms with Crippen LogP contribution in [0.1, 0.15) is 32.6 Å². The first-order valence-corrected chi connectivity index (χ1v) is 4.86. The molecular formula is C12H16O. The molecule has 0 amide bonds. The fraction of sp³-hybridized carbons (Fsp3) is 0.500. The highest BCUT2D eigenvalue weighted by Crippen LogP contribution is 2.28. The number of hydrogen-bond donors (Lipinski definition) is 0. The molecule has 0 heterocycles. The van der Waals surface area contributed by atoms with Gasteiger partial charge in [-0.05, 0) is 24.3 Å². The smallest absolute Gasteiger partial charge is 0.133 e. The highest BCUT2D eigenvalue weighted by Gasteiger charge is 2.23. The summed E-state index contributed by atoms with van der Waals surface area (Å²) in [6.45, 7) is 5.75. The Morgan fingerprint density at radius 2 is 2.54 bits per heavy atom. The fourth-order valence-corrected chi connectivity index (χ4v) is 1.66. The Bertz CT molecular complexity index is 267. The molecule has 0 aliphatic heterocycles. The first-order chi connectivity index (χ1) is 6.27. The summed E-state index contributed by atoms with van der Waals surface area (Å²) in [5, 5.41) is 0. The number of Topliss-reactive ketones (excluding diaryl/α,β-unsaturated/α-hetero) is 1. The molecule has 13 heavy (non-hydrogen) atoms. The van der Waals surface area contributed by atoms with Crippen LogP contribution < -0.4 is 0 Å². The lowest BCUT2D eigenvalue weighted by atomic mass is 9.98. The minimum absolute atomic E-state index is 0.377. The molecule has 0 N–H and O–H groups in total. The van der Waals surface area contributed by atoms with Crippen LogP contribution in [0.2, 0.25) is 0 Å². The van der Waals surface area contributed by atoms with Crippen molar-refractivity contribution in [1.82, 2.24) is 0 Å². The number of ketones is 1. The van der Waals surface area contributed by atoms with E-state index in [0.29, 0.717) is 18.1 Å². The SMILES string of the molecule is C=C=C(C=CCC)C1CCC(=O)C1. The molecule has 1 rings (SSSR count). The number of carbonyl (C=O) groups is 1. The van der Waals surface area contributed by atoms with E-state index in [2.05, 4.69) is 31.4 Å². The second-order valence-electron chi connectivity index (χ2n) is 3.42. The summed E-state index contributed by atoms with van der Waals surface area (Å²) in [7, 11) is 0. The van der Waals surface area contributed by atoms with Crippen LogP contribution in [-0.2, 0) is 4.79 Å². The van der Waals surface area contributed by atoms with Gasteiger partial charge in [0.25, 0.3) is 0 Å². The average Bonchev–Trinajstić information content (AvgIpc) is 2.54. The number of carbonyl (C=O) groups excluding carboxylic acids is 1. The molecule has 0 spiro atoms. The van der Waals surface area contributed by atoms with E-state index in [1.807, 2.05) is 0 Å². The third kappa shape index (κ3) is 2.71. The zero-order valence-corrected chi connectivity index (χ0v) is 8.18. The van der Waals surface area contributed by atoms with E-state index in [-0.39, 0.29) is 0 Å². The van der Waals surface area contributed by atoms with Crippen molar-refractivity contribution in [3.63, 3.8) is 0 Å². The summed E-state index contributed by atoms with van der Waals surface area (Å²) in [4.78, 5) is 11.1. The molecule has 70 valence electrons. The molecule has 1 aliphatic rings. The van der Waals surface area contributed by atoms with Crippen molar-refractivity contribution in [2.24, 2.45) is 5.92 Å². The lowest BCUT2D eigenvalue weighted by Crippen LogP contribution is -1.96. The van der Waals surface area contributed by atoms with Gasteiger partial charge in [0, 0.05) is 12.8 Å². The van der Waals surface area contributed by atoms with Crippen LogP contribution in [0.25, 0.3) is 0 Å². The van der Waals surface area contributed by atoms with Gasteiger partial charge in [0.2, 0.25) is 0 Å². The summed E-state index contributed by atoms with van der Waals surface area (Å²) < 4.78 is 0. The van der Waals surface area contributed by atoms with Crippen LogP contribution in [0.15, 0.2) is 30.0 Å². The molecule has 1 saturated carbocycles. The van der Waals surface area contributed by atoms with Crippen molar-refractivity contribution in [3.05, 3.63) is 30.0 Å². The molecule has 1 nitrogen and oxygen atoms in total. The van der Waals surface area contributed by atoms with Crippen LogP contribution in [0.3, 0.4) is 0 Å². The minimum Gasteiger partial charge on any atom is -0.300 e.